The number of aliphatic imine (C=N–C) groups is 1. The maximum atomic E-state index is 5.84. The Balaban J connectivity index is 0.00000242. The number of unbranched alkanes of at least 4 members (excludes halogenated alkanes) is 1. The summed E-state index contributed by atoms with van der Waals surface area (Å²) in [5, 5.41) is 4.50. The van der Waals surface area contributed by atoms with Gasteiger partial charge in [-0.3, -0.25) is 4.99 Å². The second-order valence-corrected chi connectivity index (χ2v) is 5.30. The van der Waals surface area contributed by atoms with E-state index in [1.165, 1.54) is 22.0 Å². The van der Waals surface area contributed by atoms with Crippen molar-refractivity contribution in [3.63, 3.8) is 0 Å². The number of hydrogen-bond donors (Lipinski definition) is 3. The highest BCUT2D eigenvalue weighted by atomic mass is 127. The lowest BCUT2D eigenvalue weighted by molar-refractivity contribution is 0.791. The van der Waals surface area contributed by atoms with Crippen molar-refractivity contribution in [3.05, 3.63) is 35.5 Å². The summed E-state index contributed by atoms with van der Waals surface area (Å²) < 4.78 is 0. The van der Waals surface area contributed by atoms with Gasteiger partial charge in [0.25, 0.3) is 0 Å². The predicted octanol–water partition coefficient (Wildman–Crippen LogP) is 3.60. The molecule has 0 amide bonds. The third kappa shape index (κ3) is 4.90. The van der Waals surface area contributed by atoms with E-state index >= 15 is 0 Å². The quantitative estimate of drug-likeness (QED) is 0.281. The molecule has 22 heavy (non-hydrogen) atoms. The van der Waals surface area contributed by atoms with Crippen molar-refractivity contribution in [2.24, 2.45) is 10.7 Å². The number of para-hydroxylation sites is 1. The summed E-state index contributed by atoms with van der Waals surface area (Å²) in [4.78, 5) is 7.70. The lowest BCUT2D eigenvalue weighted by Gasteiger charge is -2.05. The number of nitrogens with zero attached hydrogens (tertiary/aromatic N) is 1. The van der Waals surface area contributed by atoms with Gasteiger partial charge in [-0.2, -0.15) is 0 Å². The van der Waals surface area contributed by atoms with Crippen LogP contribution >= 0.6 is 24.0 Å². The van der Waals surface area contributed by atoms with Gasteiger partial charge in [-0.25, -0.2) is 0 Å². The van der Waals surface area contributed by atoms with Gasteiger partial charge in [0.05, 0.1) is 0 Å². The Labute approximate surface area is 150 Å². The van der Waals surface area contributed by atoms with Crippen LogP contribution in [0.3, 0.4) is 0 Å². The first kappa shape index (κ1) is 18.8. The Kier molecular flexibility index (Phi) is 8.30. The maximum Gasteiger partial charge on any atom is 0.188 e. The second-order valence-electron chi connectivity index (χ2n) is 5.30. The Morgan fingerprint density at radius 1 is 1.27 bits per heavy atom. The number of fused-ring (bicyclic) bond motifs is 1. The molecule has 4 N–H and O–H groups in total. The standard InChI is InChI=1S/C17H26N4.HI/c1-3-5-10-19-17(18)20-11-9-14-12-21-16-13(4-2)7-6-8-15(14)16;/h6-8,12,21H,3-5,9-11H2,1-2H3,(H3,18,19,20);1H. The Bertz CT molecular complexity index is 604. The molecule has 0 fully saturated rings. The number of rotatable bonds is 7. The van der Waals surface area contributed by atoms with E-state index in [4.69, 9.17) is 5.73 Å². The van der Waals surface area contributed by atoms with Gasteiger partial charge in [-0.05, 0) is 30.4 Å². The molecular weight excluding hydrogens is 387 g/mol. The number of H-pyrrole nitrogens is 1. The van der Waals surface area contributed by atoms with Crippen LogP contribution in [0.2, 0.25) is 0 Å². The highest BCUT2D eigenvalue weighted by molar-refractivity contribution is 14.0. The maximum absolute atomic E-state index is 5.84. The Morgan fingerprint density at radius 2 is 2.09 bits per heavy atom. The topological polar surface area (TPSA) is 66.2 Å². The largest absolute Gasteiger partial charge is 0.370 e. The molecule has 1 aromatic carbocycles. The summed E-state index contributed by atoms with van der Waals surface area (Å²) in [6.07, 6.45) is 6.33. The molecule has 122 valence electrons. The molecule has 0 radical (unpaired) electrons. The average molecular weight is 414 g/mol. The van der Waals surface area contributed by atoms with E-state index in [1.807, 2.05) is 0 Å². The van der Waals surface area contributed by atoms with Gasteiger partial charge in [-0.15, -0.1) is 24.0 Å². The molecule has 0 aliphatic rings. The fourth-order valence-corrected chi connectivity index (χ4v) is 2.52. The number of hydrogen-bond acceptors (Lipinski definition) is 1. The summed E-state index contributed by atoms with van der Waals surface area (Å²) in [5.41, 5.74) is 9.80. The summed E-state index contributed by atoms with van der Waals surface area (Å²) in [7, 11) is 0. The number of nitrogens with two attached hydrogens (primary N) is 1. The van der Waals surface area contributed by atoms with Crippen molar-refractivity contribution >= 4 is 40.8 Å². The number of aryl methyl sites for hydroxylation is 1. The minimum Gasteiger partial charge on any atom is -0.370 e. The number of nitrogens with one attached hydrogen (secondary N) is 2. The fraction of sp³-hybridized carbons (Fsp3) is 0.471. The van der Waals surface area contributed by atoms with Crippen molar-refractivity contribution in [1.29, 1.82) is 0 Å². The van der Waals surface area contributed by atoms with Crippen molar-refractivity contribution in [2.75, 3.05) is 13.1 Å². The summed E-state index contributed by atoms with van der Waals surface area (Å²) in [5.74, 6) is 0.553. The summed E-state index contributed by atoms with van der Waals surface area (Å²) >= 11 is 0. The summed E-state index contributed by atoms with van der Waals surface area (Å²) in [6.45, 7) is 5.96. The molecule has 4 nitrogen and oxygen atoms in total. The van der Waals surface area contributed by atoms with Crippen LogP contribution in [0, 0.1) is 0 Å². The minimum atomic E-state index is 0. The first-order valence-electron chi connectivity index (χ1n) is 7.87. The zero-order valence-electron chi connectivity index (χ0n) is 13.5. The molecule has 0 aliphatic carbocycles. The van der Waals surface area contributed by atoms with Gasteiger partial charge in [0.15, 0.2) is 5.96 Å². The molecular formula is C17H27IN4. The third-order valence-electron chi connectivity index (χ3n) is 3.76. The molecule has 0 saturated carbocycles. The van der Waals surface area contributed by atoms with Crippen molar-refractivity contribution in [2.45, 2.75) is 39.5 Å². The van der Waals surface area contributed by atoms with Crippen LogP contribution in [0.1, 0.15) is 37.8 Å². The SMILES string of the molecule is CCCCN=C(N)NCCc1c[nH]c2c(CC)cccc12.I. The number of aromatic nitrogens is 1. The van der Waals surface area contributed by atoms with Crippen molar-refractivity contribution in [3.8, 4) is 0 Å². The van der Waals surface area contributed by atoms with Gasteiger partial charge >= 0.3 is 0 Å². The molecule has 5 heteroatoms. The molecule has 1 aromatic heterocycles. The highest BCUT2D eigenvalue weighted by Crippen LogP contribution is 2.22. The number of guanidine groups is 1. The molecule has 1 heterocycles. The molecule has 0 unspecified atom stereocenters. The van der Waals surface area contributed by atoms with Crippen LogP contribution in [-0.4, -0.2) is 24.0 Å². The number of aromatic amines is 1. The van der Waals surface area contributed by atoms with Gasteiger partial charge in [0, 0.05) is 30.2 Å². The van der Waals surface area contributed by atoms with E-state index in [-0.39, 0.29) is 24.0 Å². The van der Waals surface area contributed by atoms with Gasteiger partial charge in [0.1, 0.15) is 0 Å². The van der Waals surface area contributed by atoms with E-state index in [9.17, 15) is 0 Å². The highest BCUT2D eigenvalue weighted by Gasteiger charge is 2.06. The van der Waals surface area contributed by atoms with E-state index in [0.29, 0.717) is 5.96 Å². The summed E-state index contributed by atoms with van der Waals surface area (Å²) in [6, 6.07) is 6.49. The monoisotopic (exact) mass is 414 g/mol. The van der Waals surface area contributed by atoms with Crippen LogP contribution in [-0.2, 0) is 12.8 Å². The normalized spacial score (nSPS) is 11.5. The molecule has 0 saturated heterocycles. The van der Waals surface area contributed by atoms with Crippen molar-refractivity contribution in [1.82, 2.24) is 10.3 Å². The first-order valence-corrected chi connectivity index (χ1v) is 7.87. The van der Waals surface area contributed by atoms with Gasteiger partial charge < -0.3 is 16.0 Å². The molecule has 2 rings (SSSR count). The zero-order valence-corrected chi connectivity index (χ0v) is 15.8. The van der Waals surface area contributed by atoms with E-state index in [1.54, 1.807) is 0 Å². The molecule has 0 bridgehead atoms. The van der Waals surface area contributed by atoms with Crippen LogP contribution in [0.25, 0.3) is 10.9 Å². The van der Waals surface area contributed by atoms with Gasteiger partial charge in [-0.1, -0.05) is 38.5 Å². The lowest BCUT2D eigenvalue weighted by Crippen LogP contribution is -2.33. The van der Waals surface area contributed by atoms with Crippen LogP contribution < -0.4 is 11.1 Å². The second kappa shape index (κ2) is 9.71. The fourth-order valence-electron chi connectivity index (χ4n) is 2.52. The first-order chi connectivity index (χ1) is 10.3. The van der Waals surface area contributed by atoms with Crippen LogP contribution in [0.15, 0.2) is 29.4 Å². The van der Waals surface area contributed by atoms with Crippen LogP contribution in [0.5, 0.6) is 0 Å². The van der Waals surface area contributed by atoms with E-state index < -0.39 is 0 Å². The van der Waals surface area contributed by atoms with E-state index in [0.717, 1.165) is 38.8 Å². The predicted molar refractivity (Wildman–Crippen MR) is 106 cm³/mol. The van der Waals surface area contributed by atoms with Crippen LogP contribution in [0.4, 0.5) is 0 Å². The van der Waals surface area contributed by atoms with E-state index in [2.05, 4.69) is 53.5 Å². The molecule has 0 aliphatic heterocycles. The average Bonchev–Trinajstić information content (AvgIpc) is 2.91. The Morgan fingerprint density at radius 3 is 2.82 bits per heavy atom. The molecule has 0 atom stereocenters. The Hall–Kier alpha value is -1.24. The number of halogens is 1. The number of benzene rings is 1. The molecule has 0 spiro atoms. The minimum absolute atomic E-state index is 0. The third-order valence-corrected chi connectivity index (χ3v) is 3.76. The zero-order chi connectivity index (χ0) is 15.1. The smallest absolute Gasteiger partial charge is 0.188 e. The molecule has 2 aromatic rings. The van der Waals surface area contributed by atoms with Gasteiger partial charge in [0.2, 0.25) is 0 Å². The lowest BCUT2D eigenvalue weighted by atomic mass is 10.1. The van der Waals surface area contributed by atoms with Crippen molar-refractivity contribution < 1.29 is 0 Å².